The maximum Gasteiger partial charge on any atom is 0.306 e. The molecule has 6 atom stereocenters. The lowest BCUT2D eigenvalue weighted by Gasteiger charge is -2.40. The highest BCUT2D eigenvalue weighted by Gasteiger charge is 2.46. The van der Waals surface area contributed by atoms with E-state index >= 15 is 0 Å². The highest BCUT2D eigenvalue weighted by Crippen LogP contribution is 2.24. The standard InChI is InChI=1S/C35H66O12S/c1-3-5-7-9-11-13-14-16-18-20-22-24-31(37)46-28(25-44-30(36)23-21-19-17-15-12-10-8-6-4-2)26-45-35-34(40)33(39)32(38)29(47-35)27-48(41,42)43/h28-29,32-35,38-40H,3-27H2,1-2H3,(H,41,42,43). The van der Waals surface area contributed by atoms with E-state index in [0.29, 0.717) is 12.8 Å². The van der Waals surface area contributed by atoms with Crippen LogP contribution in [0.15, 0.2) is 0 Å². The van der Waals surface area contributed by atoms with Gasteiger partial charge in [0.1, 0.15) is 36.8 Å². The number of ether oxygens (including phenoxy) is 4. The van der Waals surface area contributed by atoms with Gasteiger partial charge < -0.3 is 34.3 Å². The number of carbonyl (C=O) groups is 2. The van der Waals surface area contributed by atoms with E-state index in [0.717, 1.165) is 38.5 Å². The first-order valence-electron chi connectivity index (χ1n) is 18.6. The van der Waals surface area contributed by atoms with Gasteiger partial charge in [0.25, 0.3) is 10.1 Å². The Kier molecular flexibility index (Phi) is 25.5. The van der Waals surface area contributed by atoms with E-state index in [1.165, 1.54) is 77.0 Å². The van der Waals surface area contributed by atoms with Crippen LogP contribution in [-0.2, 0) is 38.7 Å². The van der Waals surface area contributed by atoms with Crippen LogP contribution >= 0.6 is 0 Å². The number of unbranched alkanes of at least 4 members (excludes halogenated alkanes) is 18. The molecule has 4 N–H and O–H groups in total. The van der Waals surface area contributed by atoms with E-state index in [-0.39, 0.29) is 19.4 Å². The van der Waals surface area contributed by atoms with E-state index in [1.807, 2.05) is 0 Å². The number of aliphatic hydroxyl groups excluding tert-OH is 3. The molecule has 0 radical (unpaired) electrons. The number of rotatable bonds is 30. The quantitative estimate of drug-likeness (QED) is 0.0401. The summed E-state index contributed by atoms with van der Waals surface area (Å²) in [5.41, 5.74) is 0. The van der Waals surface area contributed by atoms with Crippen molar-refractivity contribution in [2.24, 2.45) is 0 Å². The maximum atomic E-state index is 12.7. The lowest BCUT2D eigenvalue weighted by atomic mass is 10.00. The molecule has 13 heteroatoms. The van der Waals surface area contributed by atoms with Crippen LogP contribution in [0.1, 0.15) is 155 Å². The van der Waals surface area contributed by atoms with Crippen LogP contribution in [0, 0.1) is 0 Å². The summed E-state index contributed by atoms with van der Waals surface area (Å²) in [5.74, 6) is -1.98. The van der Waals surface area contributed by atoms with Crippen molar-refractivity contribution in [3.05, 3.63) is 0 Å². The first-order valence-corrected chi connectivity index (χ1v) is 20.2. The molecule has 0 aromatic rings. The van der Waals surface area contributed by atoms with Crippen LogP contribution in [0.3, 0.4) is 0 Å². The first kappa shape index (κ1) is 44.7. The Morgan fingerprint density at radius 2 is 1.06 bits per heavy atom. The number of esters is 2. The average molecular weight is 711 g/mol. The van der Waals surface area contributed by atoms with Crippen molar-refractivity contribution in [3.8, 4) is 0 Å². The van der Waals surface area contributed by atoms with Gasteiger partial charge in [-0.2, -0.15) is 8.42 Å². The third kappa shape index (κ3) is 22.4. The third-order valence-electron chi connectivity index (χ3n) is 8.69. The summed E-state index contributed by atoms with van der Waals surface area (Å²) in [7, 11) is -4.59. The predicted molar refractivity (Wildman–Crippen MR) is 183 cm³/mol. The third-order valence-corrected chi connectivity index (χ3v) is 9.44. The van der Waals surface area contributed by atoms with Crippen LogP contribution in [0.2, 0.25) is 0 Å². The largest absolute Gasteiger partial charge is 0.462 e. The predicted octanol–water partition coefficient (Wildman–Crippen LogP) is 5.78. The molecule has 1 saturated heterocycles. The van der Waals surface area contributed by atoms with E-state index in [2.05, 4.69) is 13.8 Å². The average Bonchev–Trinajstić information content (AvgIpc) is 3.04. The molecule has 0 aromatic heterocycles. The minimum absolute atomic E-state index is 0.170. The number of hydrogen-bond donors (Lipinski definition) is 4. The molecule has 6 unspecified atom stereocenters. The fourth-order valence-corrected chi connectivity index (χ4v) is 6.43. The molecule has 284 valence electrons. The van der Waals surface area contributed by atoms with Gasteiger partial charge in [0.15, 0.2) is 12.4 Å². The Bertz CT molecular complexity index is 931. The smallest absolute Gasteiger partial charge is 0.306 e. The SMILES string of the molecule is CCCCCCCCCCCCCC(=O)OC(COC(=O)CCCCCCCCCCC)COC1OC(CS(=O)(=O)O)C(O)C(O)C1O. The molecule has 0 aromatic carbocycles. The van der Waals surface area contributed by atoms with Gasteiger partial charge in [0, 0.05) is 12.8 Å². The normalized spacial score (nSPS) is 22.0. The molecule has 48 heavy (non-hydrogen) atoms. The minimum atomic E-state index is -4.59. The Morgan fingerprint density at radius 1 is 0.625 bits per heavy atom. The zero-order chi connectivity index (χ0) is 35.6. The zero-order valence-corrected chi connectivity index (χ0v) is 30.4. The molecule has 0 spiro atoms. The molecule has 1 aliphatic rings. The molecular formula is C35H66O12S. The van der Waals surface area contributed by atoms with Gasteiger partial charge in [-0.05, 0) is 12.8 Å². The van der Waals surface area contributed by atoms with Crippen molar-refractivity contribution in [2.45, 2.75) is 192 Å². The Labute approximate surface area is 289 Å². The van der Waals surface area contributed by atoms with Gasteiger partial charge in [-0.25, -0.2) is 0 Å². The van der Waals surface area contributed by atoms with Crippen LogP contribution < -0.4 is 0 Å². The Morgan fingerprint density at radius 3 is 1.52 bits per heavy atom. The minimum Gasteiger partial charge on any atom is -0.462 e. The summed E-state index contributed by atoms with van der Waals surface area (Å²) >= 11 is 0. The highest BCUT2D eigenvalue weighted by atomic mass is 32.2. The first-order chi connectivity index (χ1) is 23.0. The van der Waals surface area contributed by atoms with Gasteiger partial charge in [0.2, 0.25) is 0 Å². The van der Waals surface area contributed by atoms with Gasteiger partial charge in [0.05, 0.1) is 6.61 Å². The summed E-state index contributed by atoms with van der Waals surface area (Å²) in [6, 6.07) is 0. The van der Waals surface area contributed by atoms with E-state index in [4.69, 9.17) is 18.9 Å². The number of aliphatic hydroxyl groups is 3. The van der Waals surface area contributed by atoms with Gasteiger partial charge in [-0.1, -0.05) is 129 Å². The maximum absolute atomic E-state index is 12.7. The van der Waals surface area contributed by atoms with E-state index in [1.54, 1.807) is 0 Å². The summed E-state index contributed by atoms with van der Waals surface area (Å²) in [6.45, 7) is 3.69. The van der Waals surface area contributed by atoms with E-state index in [9.17, 15) is 37.9 Å². The second-order valence-electron chi connectivity index (χ2n) is 13.3. The number of hydrogen-bond acceptors (Lipinski definition) is 11. The second-order valence-corrected chi connectivity index (χ2v) is 14.8. The topological polar surface area (TPSA) is 186 Å². The summed E-state index contributed by atoms with van der Waals surface area (Å²) in [5, 5.41) is 30.7. The van der Waals surface area contributed by atoms with Gasteiger partial charge >= 0.3 is 11.9 Å². The lowest BCUT2D eigenvalue weighted by Crippen LogP contribution is -2.60. The van der Waals surface area contributed by atoms with Crippen molar-refractivity contribution in [1.29, 1.82) is 0 Å². The number of carbonyl (C=O) groups excluding carboxylic acids is 2. The van der Waals surface area contributed by atoms with Crippen molar-refractivity contribution in [3.63, 3.8) is 0 Å². The monoisotopic (exact) mass is 710 g/mol. The molecule has 0 saturated carbocycles. The fourth-order valence-electron chi connectivity index (χ4n) is 5.73. The Hall–Kier alpha value is -1.35. The summed E-state index contributed by atoms with van der Waals surface area (Å²) in [6.07, 6.45) is 13.2. The summed E-state index contributed by atoms with van der Waals surface area (Å²) < 4.78 is 53.7. The molecular weight excluding hydrogens is 644 g/mol. The molecule has 0 aliphatic carbocycles. The van der Waals surface area contributed by atoms with Crippen LogP contribution in [0.4, 0.5) is 0 Å². The fraction of sp³-hybridized carbons (Fsp3) is 0.943. The molecule has 1 aliphatic heterocycles. The molecule has 1 heterocycles. The van der Waals surface area contributed by atoms with Gasteiger partial charge in [-0.3, -0.25) is 14.1 Å². The molecule has 1 fully saturated rings. The van der Waals surface area contributed by atoms with Crippen molar-refractivity contribution in [1.82, 2.24) is 0 Å². The molecule has 0 amide bonds. The molecule has 1 rings (SSSR count). The highest BCUT2D eigenvalue weighted by molar-refractivity contribution is 7.85. The van der Waals surface area contributed by atoms with Crippen molar-refractivity contribution < 1.29 is 56.8 Å². The molecule has 0 bridgehead atoms. The summed E-state index contributed by atoms with van der Waals surface area (Å²) in [4.78, 5) is 25.1. The van der Waals surface area contributed by atoms with E-state index < -0.39 is 71.2 Å². The van der Waals surface area contributed by atoms with Crippen LogP contribution in [0.5, 0.6) is 0 Å². The second kappa shape index (κ2) is 27.4. The van der Waals surface area contributed by atoms with Crippen molar-refractivity contribution in [2.75, 3.05) is 19.0 Å². The van der Waals surface area contributed by atoms with Crippen LogP contribution in [-0.4, -0.2) is 96.0 Å². The molecule has 12 nitrogen and oxygen atoms in total. The lowest BCUT2D eigenvalue weighted by molar-refractivity contribution is -0.297. The van der Waals surface area contributed by atoms with Gasteiger partial charge in [-0.15, -0.1) is 0 Å². The zero-order valence-electron chi connectivity index (χ0n) is 29.6. The van der Waals surface area contributed by atoms with Crippen molar-refractivity contribution >= 4 is 22.1 Å². The van der Waals surface area contributed by atoms with Crippen LogP contribution in [0.25, 0.3) is 0 Å². The Balaban J connectivity index is 2.55.